The number of allylic oxidation sites excluding steroid dienone is 10. The highest BCUT2D eigenvalue weighted by Crippen LogP contribution is 2.26. The van der Waals surface area contributed by atoms with E-state index in [2.05, 4.69) is 149 Å². The van der Waals surface area contributed by atoms with Gasteiger partial charge in [-0.2, -0.15) is 0 Å². The summed E-state index contributed by atoms with van der Waals surface area (Å²) in [4.78, 5) is 0. The van der Waals surface area contributed by atoms with E-state index < -0.39 is 0 Å². The molecule has 0 bridgehead atoms. The first-order valence-corrected chi connectivity index (χ1v) is 18.7. The van der Waals surface area contributed by atoms with E-state index in [-0.39, 0.29) is 0 Å². The quantitative estimate of drug-likeness (QED) is 0.111. The zero-order chi connectivity index (χ0) is 36.5. The van der Waals surface area contributed by atoms with Crippen LogP contribution in [0, 0.1) is 26.7 Å². The molecule has 0 aromatic heterocycles. The van der Waals surface area contributed by atoms with E-state index in [4.69, 9.17) is 0 Å². The number of hydrogen-bond acceptors (Lipinski definition) is 0. The maximum atomic E-state index is 4.25. The molecule has 0 heterocycles. The van der Waals surface area contributed by atoms with Gasteiger partial charge in [-0.05, 0) is 137 Å². The maximum absolute atomic E-state index is 4.25. The number of hydrogen-bond donors (Lipinski definition) is 0. The van der Waals surface area contributed by atoms with Gasteiger partial charge in [0.2, 0.25) is 0 Å². The fraction of sp³-hybridized carbons (Fsp3) is 0.458. The third-order valence-electron chi connectivity index (χ3n) is 9.01. The van der Waals surface area contributed by atoms with Crippen LogP contribution in [-0.2, 0) is 12.8 Å². The average Bonchev–Trinajstić information content (AvgIpc) is 3.07. The van der Waals surface area contributed by atoms with E-state index in [0.717, 1.165) is 44.9 Å². The lowest BCUT2D eigenvalue weighted by Gasteiger charge is -2.16. The summed E-state index contributed by atoms with van der Waals surface area (Å²) in [5.74, 6) is 0.527. The monoisotopic (exact) mass is 649 g/mol. The van der Waals surface area contributed by atoms with Gasteiger partial charge in [0.05, 0.1) is 0 Å². The van der Waals surface area contributed by atoms with Gasteiger partial charge < -0.3 is 0 Å². The van der Waals surface area contributed by atoms with E-state index in [0.29, 0.717) is 5.92 Å². The summed E-state index contributed by atoms with van der Waals surface area (Å²) in [6.45, 7) is 38.1. The van der Waals surface area contributed by atoms with Crippen molar-refractivity contribution in [3.63, 3.8) is 0 Å². The normalized spacial score (nSPS) is 12.0. The van der Waals surface area contributed by atoms with Gasteiger partial charge in [-0.25, -0.2) is 0 Å². The number of rotatable bonds is 18. The highest BCUT2D eigenvalue weighted by Gasteiger charge is 2.09. The predicted octanol–water partition coefficient (Wildman–Crippen LogP) is 15.4. The smallest absolute Gasteiger partial charge is 0.0196 e. The SMILES string of the molecule is C/C=C(/CCC)c1cc(CC)ccc1C.C=C/C=C(\C=C/C)CCC(=C)CCC(=C)C(C)CC(=C)CC.CCCc1ccc(C)cc1C. The topological polar surface area (TPSA) is 0 Å². The Morgan fingerprint density at radius 3 is 2.00 bits per heavy atom. The molecule has 0 fully saturated rings. The Morgan fingerprint density at radius 2 is 1.46 bits per heavy atom. The maximum Gasteiger partial charge on any atom is -0.0196 e. The predicted molar refractivity (Wildman–Crippen MR) is 222 cm³/mol. The second-order valence-electron chi connectivity index (χ2n) is 13.3. The van der Waals surface area contributed by atoms with Crippen molar-refractivity contribution in [2.24, 2.45) is 5.92 Å². The van der Waals surface area contributed by atoms with Gasteiger partial charge in [-0.3, -0.25) is 0 Å². The number of benzene rings is 2. The fourth-order valence-corrected chi connectivity index (χ4v) is 5.67. The second kappa shape index (κ2) is 26.6. The summed E-state index contributed by atoms with van der Waals surface area (Å²) < 4.78 is 0. The first-order valence-electron chi connectivity index (χ1n) is 18.7. The van der Waals surface area contributed by atoms with E-state index in [1.807, 2.05) is 13.0 Å². The third kappa shape index (κ3) is 18.8. The molecule has 1 atom stereocenters. The van der Waals surface area contributed by atoms with Crippen LogP contribution in [0.4, 0.5) is 0 Å². The van der Waals surface area contributed by atoms with Gasteiger partial charge in [0.1, 0.15) is 0 Å². The summed E-state index contributed by atoms with van der Waals surface area (Å²) in [7, 11) is 0. The lowest BCUT2D eigenvalue weighted by atomic mass is 9.90. The third-order valence-corrected chi connectivity index (χ3v) is 9.01. The summed E-state index contributed by atoms with van der Waals surface area (Å²) in [5.41, 5.74) is 15.3. The molecule has 264 valence electrons. The van der Waals surface area contributed by atoms with E-state index in [9.17, 15) is 0 Å². The molecule has 2 rings (SSSR count). The van der Waals surface area contributed by atoms with E-state index in [1.54, 1.807) is 0 Å². The molecule has 0 amide bonds. The van der Waals surface area contributed by atoms with Gasteiger partial charge in [0, 0.05) is 0 Å². The standard InChI is InChI=1S/C22H34.C15H22.C11H16/c1-8-11-22(12-9-2)16-14-19(5)13-15-20(6)21(7)17-18(4)10-3;1-5-8-14(7-3)15-11-13(6-2)10-9-12(15)4;1-4-5-11-7-6-9(2)8-10(11)3/h8-9,11-12,21H,1,4-6,10,13-17H2,2-3,7H3;7,9-11H,5-6,8H2,1-4H3;6-8H,4-5H2,1-3H3/b12-9-,22-11+;14-7-;. The minimum Gasteiger partial charge on any atom is -0.0999 e. The zero-order valence-electron chi connectivity index (χ0n) is 33.0. The summed E-state index contributed by atoms with van der Waals surface area (Å²) in [6.07, 6.45) is 22.7. The molecule has 0 heteroatoms. The molecule has 2 aromatic carbocycles. The summed E-state index contributed by atoms with van der Waals surface area (Å²) in [6, 6.07) is 13.5. The molecular weight excluding hydrogens is 577 g/mol. The van der Waals surface area contributed by atoms with E-state index in [1.165, 1.54) is 86.9 Å². The van der Waals surface area contributed by atoms with Crippen LogP contribution >= 0.6 is 0 Å². The molecular formula is C48H72. The van der Waals surface area contributed by atoms with Crippen molar-refractivity contribution >= 4 is 5.57 Å². The van der Waals surface area contributed by atoms with Crippen LogP contribution in [0.2, 0.25) is 0 Å². The van der Waals surface area contributed by atoms with Crippen molar-refractivity contribution in [3.8, 4) is 0 Å². The van der Waals surface area contributed by atoms with Crippen molar-refractivity contribution in [3.05, 3.63) is 149 Å². The van der Waals surface area contributed by atoms with Crippen LogP contribution in [-0.4, -0.2) is 0 Å². The lowest BCUT2D eigenvalue weighted by Crippen LogP contribution is -2.00. The minimum absolute atomic E-state index is 0.527. The summed E-state index contributed by atoms with van der Waals surface area (Å²) in [5, 5.41) is 0. The molecule has 0 saturated heterocycles. The second-order valence-corrected chi connectivity index (χ2v) is 13.3. The van der Waals surface area contributed by atoms with Crippen molar-refractivity contribution in [2.75, 3.05) is 0 Å². The molecule has 0 nitrogen and oxygen atoms in total. The Bertz CT molecular complexity index is 1350. The van der Waals surface area contributed by atoms with Gasteiger partial charge >= 0.3 is 0 Å². The van der Waals surface area contributed by atoms with Crippen LogP contribution in [0.15, 0.2) is 115 Å². The van der Waals surface area contributed by atoms with Gasteiger partial charge in [0.15, 0.2) is 0 Å². The summed E-state index contributed by atoms with van der Waals surface area (Å²) >= 11 is 0. The van der Waals surface area contributed by atoms with Gasteiger partial charge in [-0.15, -0.1) is 0 Å². The van der Waals surface area contributed by atoms with Crippen molar-refractivity contribution in [2.45, 2.75) is 140 Å². The molecule has 0 aliphatic heterocycles. The van der Waals surface area contributed by atoms with Crippen LogP contribution in [0.1, 0.15) is 140 Å². The molecule has 0 spiro atoms. The Hall–Kier alpha value is -3.38. The lowest BCUT2D eigenvalue weighted by molar-refractivity contribution is 0.626. The van der Waals surface area contributed by atoms with Crippen LogP contribution in [0.5, 0.6) is 0 Å². The fourth-order valence-electron chi connectivity index (χ4n) is 5.67. The average molecular weight is 649 g/mol. The van der Waals surface area contributed by atoms with Crippen LogP contribution in [0.3, 0.4) is 0 Å². The van der Waals surface area contributed by atoms with E-state index >= 15 is 0 Å². The molecule has 1 unspecified atom stereocenters. The minimum atomic E-state index is 0.527. The molecule has 0 saturated carbocycles. The zero-order valence-corrected chi connectivity index (χ0v) is 33.0. The molecule has 0 N–H and O–H groups in total. The Morgan fingerprint density at radius 1 is 0.771 bits per heavy atom. The highest BCUT2D eigenvalue weighted by atomic mass is 14.1. The molecule has 0 radical (unpaired) electrons. The Balaban J connectivity index is 0.000000733. The van der Waals surface area contributed by atoms with Crippen molar-refractivity contribution in [1.29, 1.82) is 0 Å². The highest BCUT2D eigenvalue weighted by molar-refractivity contribution is 5.68. The van der Waals surface area contributed by atoms with Crippen LogP contribution < -0.4 is 0 Å². The van der Waals surface area contributed by atoms with Gasteiger partial charge in [0.25, 0.3) is 0 Å². The Labute approximate surface area is 299 Å². The first-order chi connectivity index (χ1) is 22.9. The molecule has 0 aliphatic rings. The molecule has 0 aliphatic carbocycles. The van der Waals surface area contributed by atoms with Crippen molar-refractivity contribution < 1.29 is 0 Å². The first kappa shape index (κ1) is 44.6. The molecule has 48 heavy (non-hydrogen) atoms. The molecule has 2 aromatic rings. The number of aryl methyl sites for hydroxylation is 5. The van der Waals surface area contributed by atoms with Gasteiger partial charge in [-0.1, -0.05) is 163 Å². The Kier molecular flexibility index (Phi) is 24.7. The largest absolute Gasteiger partial charge is 0.0999 e. The van der Waals surface area contributed by atoms with Crippen LogP contribution in [0.25, 0.3) is 5.57 Å². The van der Waals surface area contributed by atoms with Crippen molar-refractivity contribution in [1.82, 2.24) is 0 Å².